The summed E-state index contributed by atoms with van der Waals surface area (Å²) in [6.07, 6.45) is 0.605. The Morgan fingerprint density at radius 2 is 1.62 bits per heavy atom. The number of alkyl halides is 3. The molecule has 0 spiro atoms. The van der Waals surface area contributed by atoms with Crippen LogP contribution in [0.5, 0.6) is 5.75 Å². The number of piperidine rings is 1. The van der Waals surface area contributed by atoms with Gasteiger partial charge in [-0.3, -0.25) is 9.69 Å². The smallest absolute Gasteiger partial charge is 0.490 e. The fraction of sp³-hybridized carbons (Fsp3) is 0.481. The van der Waals surface area contributed by atoms with Gasteiger partial charge in [0.2, 0.25) is 10.0 Å². The molecule has 2 N–H and O–H groups in total. The van der Waals surface area contributed by atoms with Gasteiger partial charge >= 0.3 is 12.1 Å². The maximum Gasteiger partial charge on any atom is 0.490 e. The molecule has 1 saturated heterocycles. The summed E-state index contributed by atoms with van der Waals surface area (Å²) in [6.45, 7) is 3.22. The number of hydrogen-bond acceptors (Lipinski definition) is 6. The molecule has 1 amide bonds. The number of halogens is 6. The number of carboxylic acid groups (broad SMARTS) is 1. The molecule has 0 bridgehead atoms. The molecule has 2 aliphatic rings. The lowest BCUT2D eigenvalue weighted by Crippen LogP contribution is -2.33. The van der Waals surface area contributed by atoms with Crippen LogP contribution in [0.3, 0.4) is 0 Å². The molecular weight excluding hydrogens is 627 g/mol. The van der Waals surface area contributed by atoms with Crippen LogP contribution in [0.2, 0.25) is 10.0 Å². The van der Waals surface area contributed by atoms with Gasteiger partial charge in [-0.05, 0) is 92.4 Å². The maximum absolute atomic E-state index is 14.6. The van der Waals surface area contributed by atoms with Crippen molar-refractivity contribution in [2.45, 2.75) is 50.7 Å². The first-order valence-electron chi connectivity index (χ1n) is 13.0. The van der Waals surface area contributed by atoms with Crippen molar-refractivity contribution in [1.82, 2.24) is 9.62 Å². The molecule has 2 fully saturated rings. The minimum absolute atomic E-state index is 0.207. The topological polar surface area (TPSA) is 113 Å². The number of carbonyl (C=O) groups is 2. The number of carboxylic acids is 1. The van der Waals surface area contributed by atoms with Crippen LogP contribution >= 0.6 is 23.2 Å². The third-order valence-corrected chi connectivity index (χ3v) is 7.69. The van der Waals surface area contributed by atoms with Gasteiger partial charge in [-0.2, -0.15) is 13.2 Å². The van der Waals surface area contributed by atoms with Crippen LogP contribution in [0.15, 0.2) is 30.3 Å². The molecular formula is C27H30Cl2F4N2O6S. The molecule has 1 heterocycles. The second-order valence-electron chi connectivity index (χ2n) is 10.3. The summed E-state index contributed by atoms with van der Waals surface area (Å²) in [6, 6.07) is 8.27. The Bertz CT molecular complexity index is 1380. The zero-order valence-corrected chi connectivity index (χ0v) is 24.8. The molecule has 15 heteroatoms. The van der Waals surface area contributed by atoms with E-state index >= 15 is 0 Å². The van der Waals surface area contributed by atoms with Gasteiger partial charge in [0, 0.05) is 22.7 Å². The number of nitrogens with one attached hydrogen (secondary N) is 1. The lowest BCUT2D eigenvalue weighted by molar-refractivity contribution is -0.192. The maximum atomic E-state index is 14.6. The van der Waals surface area contributed by atoms with E-state index in [1.165, 1.54) is 12.1 Å². The molecule has 0 atom stereocenters. The normalized spacial score (nSPS) is 16.4. The Labute approximate surface area is 251 Å². The summed E-state index contributed by atoms with van der Waals surface area (Å²) in [5.41, 5.74) is 1.59. The zero-order valence-electron chi connectivity index (χ0n) is 22.5. The van der Waals surface area contributed by atoms with Crippen LogP contribution in [0, 0.1) is 11.7 Å². The quantitative estimate of drug-likeness (QED) is 0.318. The summed E-state index contributed by atoms with van der Waals surface area (Å²) in [5.74, 6) is -3.35. The van der Waals surface area contributed by atoms with Crippen molar-refractivity contribution in [2.75, 3.05) is 26.0 Å². The zero-order chi connectivity index (χ0) is 31.2. The van der Waals surface area contributed by atoms with Gasteiger partial charge in [0.15, 0.2) is 0 Å². The van der Waals surface area contributed by atoms with Crippen LogP contribution in [0.25, 0.3) is 0 Å². The first kappa shape index (κ1) is 33.9. The van der Waals surface area contributed by atoms with Crippen LogP contribution < -0.4 is 9.46 Å². The van der Waals surface area contributed by atoms with E-state index in [2.05, 4.69) is 4.90 Å². The number of likely N-dealkylation sites (tertiary alicyclic amines) is 1. The Hall–Kier alpha value is -2.61. The van der Waals surface area contributed by atoms with Gasteiger partial charge in [0.05, 0.1) is 18.4 Å². The summed E-state index contributed by atoms with van der Waals surface area (Å²) >= 11 is 12.2. The lowest BCUT2D eigenvalue weighted by atomic mass is 9.93. The van der Waals surface area contributed by atoms with Crippen LogP contribution in [0.1, 0.15) is 59.5 Å². The number of nitrogens with zero attached hydrogens (tertiary/aromatic N) is 1. The minimum Gasteiger partial charge on any atom is -0.493 e. The molecule has 232 valence electrons. The van der Waals surface area contributed by atoms with E-state index in [-0.39, 0.29) is 11.5 Å². The molecule has 2 aromatic carbocycles. The average Bonchev–Trinajstić information content (AvgIpc) is 3.69. The number of aliphatic carboxylic acids is 1. The van der Waals surface area contributed by atoms with Crippen LogP contribution in [-0.4, -0.2) is 62.4 Å². The molecule has 1 aliphatic carbocycles. The minimum atomic E-state index is -5.08. The number of sulfonamides is 1. The standard InChI is InChI=1S/C25H29Cl2FN2O4S.C2HF3O2/c1-35(32,33)29-25(31)22-13-21(18-2-3-18)24(14-23(22)28)34-9-6-16-4-7-30(8-5-16)15-17-10-19(26)12-20(27)11-17;3-2(4,5)1(6)7/h10-14,16,18H,2-9,15H2,1H3,(H,29,31);(H,6,7). The highest BCUT2D eigenvalue weighted by atomic mass is 35.5. The fourth-order valence-corrected chi connectivity index (χ4v) is 5.55. The molecule has 1 saturated carbocycles. The molecule has 42 heavy (non-hydrogen) atoms. The number of hydrogen-bond donors (Lipinski definition) is 2. The van der Waals surface area contributed by atoms with Crippen molar-refractivity contribution in [3.05, 3.63) is 62.9 Å². The molecule has 8 nitrogen and oxygen atoms in total. The van der Waals surface area contributed by atoms with Crippen molar-refractivity contribution < 1.29 is 45.4 Å². The van der Waals surface area contributed by atoms with Crippen molar-refractivity contribution in [2.24, 2.45) is 5.92 Å². The molecule has 4 rings (SSSR count). The van der Waals surface area contributed by atoms with Crippen molar-refractivity contribution >= 4 is 45.1 Å². The molecule has 1 aliphatic heterocycles. The number of amides is 1. The molecule has 0 radical (unpaired) electrons. The van der Waals surface area contributed by atoms with Crippen molar-refractivity contribution in [1.29, 1.82) is 0 Å². The van der Waals surface area contributed by atoms with E-state index in [0.29, 0.717) is 28.3 Å². The van der Waals surface area contributed by atoms with E-state index in [0.717, 1.165) is 69.1 Å². The van der Waals surface area contributed by atoms with E-state index in [9.17, 15) is 30.8 Å². The van der Waals surface area contributed by atoms with Gasteiger partial charge in [-0.1, -0.05) is 23.2 Å². The first-order chi connectivity index (χ1) is 19.5. The van der Waals surface area contributed by atoms with E-state index in [4.69, 9.17) is 37.8 Å². The first-order valence-corrected chi connectivity index (χ1v) is 15.6. The number of carbonyl (C=O) groups excluding carboxylic acids is 1. The molecule has 2 aromatic rings. The largest absolute Gasteiger partial charge is 0.493 e. The van der Waals surface area contributed by atoms with Gasteiger partial charge in [-0.15, -0.1) is 0 Å². The number of ether oxygens (including phenoxy) is 1. The monoisotopic (exact) mass is 656 g/mol. The third kappa shape index (κ3) is 10.9. The van der Waals surface area contributed by atoms with E-state index in [1.807, 2.05) is 16.9 Å². The van der Waals surface area contributed by atoms with E-state index in [1.54, 1.807) is 6.07 Å². The van der Waals surface area contributed by atoms with Gasteiger partial charge in [0.25, 0.3) is 5.91 Å². The summed E-state index contributed by atoms with van der Waals surface area (Å²) in [7, 11) is -3.78. The lowest BCUT2D eigenvalue weighted by Gasteiger charge is -2.32. The number of benzene rings is 2. The SMILES string of the molecule is CS(=O)(=O)NC(=O)c1cc(C2CC2)c(OCCC2CCN(Cc3cc(Cl)cc(Cl)c3)CC2)cc1F.O=C(O)C(F)(F)F. The highest BCUT2D eigenvalue weighted by molar-refractivity contribution is 7.89. The highest BCUT2D eigenvalue weighted by Crippen LogP contribution is 2.45. The fourth-order valence-electron chi connectivity index (χ4n) is 4.54. The highest BCUT2D eigenvalue weighted by Gasteiger charge is 2.38. The number of rotatable bonds is 9. The average molecular weight is 658 g/mol. The van der Waals surface area contributed by atoms with Gasteiger partial charge < -0.3 is 9.84 Å². The second-order valence-corrected chi connectivity index (χ2v) is 12.9. The van der Waals surface area contributed by atoms with Gasteiger partial charge in [-0.25, -0.2) is 22.3 Å². The summed E-state index contributed by atoms with van der Waals surface area (Å²) in [5, 5.41) is 8.41. The van der Waals surface area contributed by atoms with Crippen LogP contribution in [-0.2, 0) is 21.4 Å². The Balaban J connectivity index is 0.000000616. The second kappa shape index (κ2) is 14.2. The van der Waals surface area contributed by atoms with Gasteiger partial charge in [0.1, 0.15) is 11.6 Å². The van der Waals surface area contributed by atoms with Crippen LogP contribution in [0.4, 0.5) is 17.6 Å². The Kier molecular flexibility index (Phi) is 11.5. The summed E-state index contributed by atoms with van der Waals surface area (Å²) < 4.78 is 76.9. The molecule has 0 aromatic heterocycles. The Morgan fingerprint density at radius 3 is 2.12 bits per heavy atom. The molecule has 0 unspecified atom stereocenters. The third-order valence-electron chi connectivity index (χ3n) is 6.70. The van der Waals surface area contributed by atoms with E-state index < -0.39 is 33.9 Å². The van der Waals surface area contributed by atoms with Crippen molar-refractivity contribution in [3.63, 3.8) is 0 Å². The summed E-state index contributed by atoms with van der Waals surface area (Å²) in [4.78, 5) is 23.5. The predicted molar refractivity (Wildman–Crippen MR) is 149 cm³/mol. The van der Waals surface area contributed by atoms with Crippen molar-refractivity contribution in [3.8, 4) is 5.75 Å². The predicted octanol–water partition coefficient (Wildman–Crippen LogP) is 6.01. The Morgan fingerprint density at radius 1 is 1.05 bits per heavy atom.